The molecule has 0 aliphatic rings. The predicted molar refractivity (Wildman–Crippen MR) is 113 cm³/mol. The van der Waals surface area contributed by atoms with Crippen LogP contribution in [0.2, 0.25) is 0 Å². The maximum Gasteiger partial charge on any atom is 0.282 e. The fourth-order valence-corrected chi connectivity index (χ4v) is 3.21. The van der Waals surface area contributed by atoms with E-state index in [4.69, 9.17) is 0 Å². The molecule has 2 aromatic rings. The second-order valence-corrected chi connectivity index (χ2v) is 6.92. The average Bonchev–Trinajstić information content (AvgIpc) is 2.68. The van der Waals surface area contributed by atoms with Gasteiger partial charge in [0.25, 0.3) is 5.82 Å². The van der Waals surface area contributed by atoms with Gasteiger partial charge < -0.3 is 0 Å². The highest BCUT2D eigenvalue weighted by molar-refractivity contribution is 5.64. The normalized spacial score (nSPS) is 11.6. The second kappa shape index (κ2) is 11.5. The van der Waals surface area contributed by atoms with Crippen LogP contribution in [0.3, 0.4) is 0 Å². The van der Waals surface area contributed by atoms with Crippen molar-refractivity contribution >= 4 is 11.9 Å². The zero-order valence-corrected chi connectivity index (χ0v) is 16.8. The fourth-order valence-electron chi connectivity index (χ4n) is 3.21. The van der Waals surface area contributed by atoms with Crippen LogP contribution in [0.25, 0.3) is 11.9 Å². The molecule has 1 aromatic carbocycles. The third kappa shape index (κ3) is 6.01. The van der Waals surface area contributed by atoms with Crippen molar-refractivity contribution < 1.29 is 4.57 Å². The van der Waals surface area contributed by atoms with Crippen LogP contribution in [0.4, 0.5) is 0 Å². The lowest BCUT2D eigenvalue weighted by atomic mass is 10.1. The number of nitrogens with zero attached hydrogens (tertiary/aromatic N) is 2. The van der Waals surface area contributed by atoms with E-state index >= 15 is 0 Å². The minimum atomic E-state index is 1.10. The van der Waals surface area contributed by atoms with Gasteiger partial charge in [0.1, 0.15) is 5.69 Å². The number of hydrogen-bond donors (Lipinski definition) is 0. The number of pyridine rings is 1. The van der Waals surface area contributed by atoms with Crippen LogP contribution in [0.1, 0.15) is 64.1 Å². The van der Waals surface area contributed by atoms with Crippen LogP contribution in [-0.4, -0.2) is 18.0 Å². The van der Waals surface area contributed by atoms with Crippen LogP contribution in [-0.2, 0) is 6.42 Å². The number of benzene rings is 1. The van der Waals surface area contributed by atoms with E-state index < -0.39 is 0 Å². The summed E-state index contributed by atoms with van der Waals surface area (Å²) in [6.45, 7) is 9.03. The van der Waals surface area contributed by atoms with Gasteiger partial charge in [-0.2, -0.15) is 0 Å². The van der Waals surface area contributed by atoms with E-state index in [0.29, 0.717) is 0 Å². The molecule has 0 amide bonds. The minimum Gasteiger partial charge on any atom is -0.261 e. The van der Waals surface area contributed by atoms with Gasteiger partial charge in [-0.05, 0) is 37.0 Å². The molecule has 1 heterocycles. The summed E-state index contributed by atoms with van der Waals surface area (Å²) in [5, 5.41) is 0. The Kier molecular flexibility index (Phi) is 8.95. The van der Waals surface area contributed by atoms with Gasteiger partial charge in [-0.3, -0.25) is 4.90 Å². The number of rotatable bonds is 11. The second-order valence-electron chi connectivity index (χ2n) is 6.92. The Morgan fingerprint density at radius 3 is 2.12 bits per heavy atom. The van der Waals surface area contributed by atoms with Gasteiger partial charge in [0.15, 0.2) is 0 Å². The molecular formula is C24H35N2+. The fraction of sp³-hybridized carbons (Fsp3) is 0.458. The zero-order chi connectivity index (χ0) is 18.6. The average molecular weight is 352 g/mol. The molecule has 0 saturated carbocycles. The molecule has 0 radical (unpaired) electrons. The van der Waals surface area contributed by atoms with Crippen LogP contribution < -0.4 is 4.57 Å². The van der Waals surface area contributed by atoms with Gasteiger partial charge in [-0.1, -0.05) is 70.0 Å². The molecule has 0 aliphatic carbocycles. The van der Waals surface area contributed by atoms with E-state index in [1.54, 1.807) is 0 Å². The highest BCUT2D eigenvalue weighted by Gasteiger charge is 2.22. The SMILES string of the molecule is CCCCN(CCCC)C(=Cc1ccccc1)[n+]1ccccc1CCC. The molecule has 0 fully saturated rings. The summed E-state index contributed by atoms with van der Waals surface area (Å²) in [5.41, 5.74) is 2.65. The maximum absolute atomic E-state index is 2.58. The van der Waals surface area contributed by atoms with Crippen molar-refractivity contribution in [3.8, 4) is 0 Å². The van der Waals surface area contributed by atoms with E-state index in [1.807, 2.05) is 0 Å². The number of hydrogen-bond acceptors (Lipinski definition) is 1. The molecule has 0 spiro atoms. The summed E-state index contributed by atoms with van der Waals surface area (Å²) in [4.78, 5) is 2.58. The molecule has 2 heteroatoms. The molecule has 0 saturated heterocycles. The van der Waals surface area contributed by atoms with Gasteiger partial charge in [0, 0.05) is 12.5 Å². The van der Waals surface area contributed by atoms with Gasteiger partial charge in [-0.15, -0.1) is 0 Å². The first-order chi connectivity index (χ1) is 12.8. The Morgan fingerprint density at radius 1 is 0.846 bits per heavy atom. The smallest absolute Gasteiger partial charge is 0.261 e. The first kappa shape index (κ1) is 20.2. The van der Waals surface area contributed by atoms with Crippen LogP contribution in [0, 0.1) is 0 Å². The summed E-state index contributed by atoms with van der Waals surface area (Å²) in [7, 11) is 0. The zero-order valence-electron chi connectivity index (χ0n) is 16.8. The third-order valence-corrected chi connectivity index (χ3v) is 4.68. The molecule has 1 aromatic heterocycles. The standard InChI is InChI=1S/C24H35N2/c1-4-7-18-25(19-8-5-2)24(21-22-15-10-9-11-16-22)26-20-13-12-17-23(26)14-6-3/h9-13,15-17,20-21H,4-8,14,18-19H2,1-3H3/q+1. The van der Waals surface area contributed by atoms with Crippen molar-refractivity contribution in [3.05, 3.63) is 66.0 Å². The first-order valence-electron chi connectivity index (χ1n) is 10.3. The Hall–Kier alpha value is -2.09. The number of aromatic nitrogens is 1. The summed E-state index contributed by atoms with van der Waals surface area (Å²) >= 11 is 0. The Morgan fingerprint density at radius 2 is 1.50 bits per heavy atom. The van der Waals surface area contributed by atoms with Gasteiger partial charge in [0.05, 0.1) is 19.3 Å². The van der Waals surface area contributed by atoms with E-state index in [9.17, 15) is 0 Å². The van der Waals surface area contributed by atoms with E-state index in [2.05, 4.69) is 91.0 Å². The van der Waals surface area contributed by atoms with E-state index in [0.717, 1.165) is 25.9 Å². The molecule has 0 unspecified atom stereocenters. The van der Waals surface area contributed by atoms with Crippen molar-refractivity contribution in [2.45, 2.75) is 59.3 Å². The molecule has 0 aliphatic heterocycles. The lowest BCUT2D eigenvalue weighted by Gasteiger charge is -2.22. The Labute approximate surface area is 160 Å². The minimum absolute atomic E-state index is 1.10. The van der Waals surface area contributed by atoms with Crippen LogP contribution in [0.5, 0.6) is 0 Å². The molecule has 140 valence electrons. The summed E-state index contributed by atoms with van der Waals surface area (Å²) in [6.07, 6.45) is 11.7. The van der Waals surface area contributed by atoms with Crippen molar-refractivity contribution in [1.82, 2.24) is 4.90 Å². The summed E-state index contributed by atoms with van der Waals surface area (Å²) in [5.74, 6) is 1.31. The van der Waals surface area contributed by atoms with Crippen molar-refractivity contribution in [1.29, 1.82) is 0 Å². The molecule has 0 bridgehead atoms. The van der Waals surface area contributed by atoms with Crippen LogP contribution >= 0.6 is 0 Å². The summed E-state index contributed by atoms with van der Waals surface area (Å²) < 4.78 is 2.40. The van der Waals surface area contributed by atoms with E-state index in [1.165, 1.54) is 42.8 Å². The largest absolute Gasteiger partial charge is 0.282 e. The first-order valence-corrected chi connectivity index (χ1v) is 10.3. The Bertz CT molecular complexity index is 653. The van der Waals surface area contributed by atoms with Gasteiger partial charge in [0.2, 0.25) is 0 Å². The molecule has 2 rings (SSSR count). The molecule has 0 atom stereocenters. The number of aryl methyl sites for hydroxylation is 1. The lowest BCUT2D eigenvalue weighted by molar-refractivity contribution is -0.600. The van der Waals surface area contributed by atoms with Crippen molar-refractivity contribution in [3.63, 3.8) is 0 Å². The molecule has 0 N–H and O–H groups in total. The quantitative estimate of drug-likeness (QED) is 0.465. The molecular weight excluding hydrogens is 316 g/mol. The van der Waals surface area contributed by atoms with Crippen molar-refractivity contribution in [2.75, 3.05) is 13.1 Å². The molecule has 26 heavy (non-hydrogen) atoms. The lowest BCUT2D eigenvalue weighted by Crippen LogP contribution is -2.45. The third-order valence-electron chi connectivity index (χ3n) is 4.68. The van der Waals surface area contributed by atoms with Gasteiger partial charge >= 0.3 is 0 Å². The number of unbranched alkanes of at least 4 members (excludes halogenated alkanes) is 2. The maximum atomic E-state index is 2.58. The summed E-state index contributed by atoms with van der Waals surface area (Å²) in [6, 6.07) is 17.3. The van der Waals surface area contributed by atoms with Crippen LogP contribution in [0.15, 0.2) is 54.7 Å². The monoisotopic (exact) mass is 351 g/mol. The highest BCUT2D eigenvalue weighted by Crippen LogP contribution is 2.15. The molecule has 2 nitrogen and oxygen atoms in total. The topological polar surface area (TPSA) is 7.12 Å². The predicted octanol–water partition coefficient (Wildman–Crippen LogP) is 5.78. The van der Waals surface area contributed by atoms with Gasteiger partial charge in [-0.25, -0.2) is 4.57 Å². The van der Waals surface area contributed by atoms with Crippen molar-refractivity contribution in [2.24, 2.45) is 0 Å². The highest BCUT2D eigenvalue weighted by atomic mass is 15.3. The van der Waals surface area contributed by atoms with E-state index in [-0.39, 0.29) is 0 Å². The Balaban J connectivity index is 2.48.